The van der Waals surface area contributed by atoms with Gasteiger partial charge >= 0.3 is 5.97 Å². The second-order valence-corrected chi connectivity index (χ2v) is 18.6. The number of benzene rings is 2. The van der Waals surface area contributed by atoms with Crippen LogP contribution in [0.4, 0.5) is 0 Å². The van der Waals surface area contributed by atoms with Crippen LogP contribution in [0.1, 0.15) is 77.6 Å². The van der Waals surface area contributed by atoms with E-state index in [9.17, 15) is 45.8 Å². The minimum Gasteiger partial charge on any atom is -0.478 e. The van der Waals surface area contributed by atoms with E-state index in [1.807, 2.05) is 35.0 Å². The van der Waals surface area contributed by atoms with E-state index in [0.29, 0.717) is 56.6 Å². The van der Waals surface area contributed by atoms with Gasteiger partial charge in [0.1, 0.15) is 42.3 Å². The number of aliphatic hydroxyl groups is 6. The zero-order chi connectivity index (χ0) is 46.3. The van der Waals surface area contributed by atoms with Gasteiger partial charge in [0.2, 0.25) is 6.29 Å². The van der Waals surface area contributed by atoms with Crippen molar-refractivity contribution in [3.05, 3.63) is 114 Å². The van der Waals surface area contributed by atoms with Crippen LogP contribution in [0, 0.1) is 52.9 Å². The first-order chi connectivity index (χ1) is 31.3. The number of methoxy groups -OCH3 is 1. The van der Waals surface area contributed by atoms with Crippen LogP contribution in [0.2, 0.25) is 0 Å². The zero-order valence-corrected chi connectivity index (χ0v) is 36.8. The number of fused-ring (bicyclic) bond motifs is 9. The van der Waals surface area contributed by atoms with Crippen molar-refractivity contribution in [1.82, 2.24) is 4.57 Å². The number of nitriles is 1. The predicted molar refractivity (Wildman–Crippen MR) is 238 cm³/mol. The van der Waals surface area contributed by atoms with Crippen LogP contribution in [-0.2, 0) is 40.0 Å². The molecule has 3 aliphatic heterocycles. The molecule has 1 saturated heterocycles. The molecule has 348 valence electrons. The summed E-state index contributed by atoms with van der Waals surface area (Å²) < 4.78 is 26.6. The summed E-state index contributed by atoms with van der Waals surface area (Å²) in [4.78, 5) is 11.4. The Labute approximate surface area is 380 Å². The van der Waals surface area contributed by atoms with Gasteiger partial charge in [0.05, 0.1) is 29.4 Å². The van der Waals surface area contributed by atoms with E-state index in [0.717, 1.165) is 16.7 Å². The molecule has 14 nitrogen and oxygen atoms in total. The number of carboxylic acid groups (broad SMARTS) is 1. The smallest absolute Gasteiger partial charge is 0.335 e. The van der Waals surface area contributed by atoms with Crippen LogP contribution in [0.25, 0.3) is 0 Å². The van der Waals surface area contributed by atoms with Crippen molar-refractivity contribution in [2.24, 2.45) is 29.6 Å². The normalized spacial score (nSPS) is 32.4. The van der Waals surface area contributed by atoms with Gasteiger partial charge in [-0.25, -0.2) is 4.79 Å². The van der Waals surface area contributed by atoms with E-state index in [2.05, 4.69) is 24.7 Å². The molecule has 13 unspecified atom stereocenters. The Kier molecular flexibility index (Phi) is 15.6. The molecular weight excluding hydrogens is 833 g/mol. The monoisotopic (exact) mass is 894 g/mol. The van der Waals surface area contributed by atoms with Crippen molar-refractivity contribution in [3.8, 4) is 23.8 Å². The minimum absolute atomic E-state index is 0.0150. The van der Waals surface area contributed by atoms with Crippen molar-refractivity contribution in [3.63, 3.8) is 0 Å². The second kappa shape index (κ2) is 21.1. The third kappa shape index (κ3) is 11.0. The maximum absolute atomic E-state index is 12.9. The number of aromatic carboxylic acids is 1. The SMILES string of the molecule is C=CCc1ccc(OC2OC3C(CCCO)OC#CCC(O)C(C4C=CC5CC(Cc6ccc(C(=O)O)cc6)CC5(O)C4)CC2(O)C(O)C3O)cc1CC(COC)Cn1ccc(C#N)c1. The molecule has 0 spiro atoms. The molecular formula is C51H62N2O12. The molecule has 2 aliphatic carbocycles. The van der Waals surface area contributed by atoms with Crippen molar-refractivity contribution in [2.75, 3.05) is 20.3 Å². The lowest BCUT2D eigenvalue weighted by atomic mass is 9.67. The maximum atomic E-state index is 12.9. The number of aliphatic hydroxyl groups excluding tert-OH is 4. The highest BCUT2D eigenvalue weighted by Gasteiger charge is 2.60. The van der Waals surface area contributed by atoms with Crippen molar-refractivity contribution >= 4 is 5.97 Å². The molecule has 3 aromatic rings. The van der Waals surface area contributed by atoms with E-state index in [-0.39, 0.29) is 62.0 Å². The number of hydrogen-bond acceptors (Lipinski definition) is 12. The highest BCUT2D eigenvalue weighted by atomic mass is 16.7. The molecule has 0 amide bonds. The Morgan fingerprint density at radius 3 is 2.60 bits per heavy atom. The van der Waals surface area contributed by atoms with Crippen LogP contribution in [0.5, 0.6) is 5.75 Å². The number of ether oxygens (including phenoxy) is 4. The Morgan fingerprint density at radius 2 is 1.89 bits per heavy atom. The predicted octanol–water partition coefficient (Wildman–Crippen LogP) is 4.31. The Hall–Kier alpha value is -5.00. The lowest BCUT2D eigenvalue weighted by Gasteiger charge is -2.51. The van der Waals surface area contributed by atoms with Gasteiger partial charge in [-0.05, 0) is 123 Å². The molecule has 5 aliphatic rings. The van der Waals surface area contributed by atoms with E-state index in [4.69, 9.17) is 18.9 Å². The number of aromatic nitrogens is 1. The Morgan fingerprint density at radius 1 is 1.09 bits per heavy atom. The fraction of sp³-hybridized carbons (Fsp3) is 0.529. The van der Waals surface area contributed by atoms with Gasteiger partial charge in [-0.1, -0.05) is 42.3 Å². The summed E-state index contributed by atoms with van der Waals surface area (Å²) in [5, 5.41) is 89.4. The third-order valence-corrected chi connectivity index (χ3v) is 13.9. The second-order valence-electron chi connectivity index (χ2n) is 18.6. The first-order valence-electron chi connectivity index (χ1n) is 22.6. The molecule has 14 heteroatoms. The fourth-order valence-electron chi connectivity index (χ4n) is 10.7. The van der Waals surface area contributed by atoms with Gasteiger partial charge in [0.15, 0.2) is 5.60 Å². The summed E-state index contributed by atoms with van der Waals surface area (Å²) in [5.74, 6) is 0.815. The van der Waals surface area contributed by atoms with Gasteiger partial charge < -0.3 is 59.3 Å². The molecule has 0 radical (unpaired) electrons. The Bertz CT molecular complexity index is 2240. The lowest BCUT2D eigenvalue weighted by molar-refractivity contribution is -0.334. The number of carboxylic acids is 1. The molecule has 4 heterocycles. The molecule has 1 saturated carbocycles. The van der Waals surface area contributed by atoms with Gasteiger partial charge in [0.25, 0.3) is 0 Å². The molecule has 65 heavy (non-hydrogen) atoms. The van der Waals surface area contributed by atoms with Gasteiger partial charge in [-0.2, -0.15) is 5.26 Å². The minimum atomic E-state index is -2.31. The van der Waals surface area contributed by atoms with Crippen LogP contribution in [-0.4, -0.2) is 115 Å². The molecule has 1 aromatic heterocycles. The highest BCUT2D eigenvalue weighted by Crippen LogP contribution is 2.51. The molecule has 8 rings (SSSR count). The third-order valence-electron chi connectivity index (χ3n) is 13.9. The topological polar surface area (TPSA) is 224 Å². The summed E-state index contributed by atoms with van der Waals surface area (Å²) in [5.41, 5.74) is 0.176. The van der Waals surface area contributed by atoms with Gasteiger partial charge in [-0.15, -0.1) is 6.58 Å². The summed E-state index contributed by atoms with van der Waals surface area (Å²) in [6.45, 7) is 4.76. The summed E-state index contributed by atoms with van der Waals surface area (Å²) >= 11 is 0. The van der Waals surface area contributed by atoms with E-state index in [1.165, 1.54) is 0 Å². The number of nitrogens with zero attached hydrogens (tertiary/aromatic N) is 2. The maximum Gasteiger partial charge on any atom is 0.335 e. The van der Waals surface area contributed by atoms with Crippen LogP contribution < -0.4 is 4.74 Å². The van der Waals surface area contributed by atoms with Gasteiger partial charge in [-0.3, -0.25) is 0 Å². The first-order valence-corrected chi connectivity index (χ1v) is 22.6. The van der Waals surface area contributed by atoms with E-state index >= 15 is 0 Å². The number of allylic oxidation sites excluding steroid dienone is 2. The molecule has 2 bridgehead atoms. The first kappa shape index (κ1) is 47.9. The van der Waals surface area contributed by atoms with Gasteiger partial charge in [0, 0.05) is 50.9 Å². The van der Waals surface area contributed by atoms with Crippen LogP contribution >= 0.6 is 0 Å². The van der Waals surface area contributed by atoms with E-state index in [1.54, 1.807) is 55.8 Å². The summed E-state index contributed by atoms with van der Waals surface area (Å²) in [6.07, 6.45) is 6.82. The van der Waals surface area contributed by atoms with Crippen molar-refractivity contribution in [1.29, 1.82) is 5.26 Å². The highest BCUT2D eigenvalue weighted by molar-refractivity contribution is 5.87. The standard InChI is InChI=1S/C51H62N2O12/c1-3-6-36-14-16-41(24-39(36)22-35(31-62-2)30-53-18-17-33(28-52)29-53)64-49-51(61)27-42(43(55)7-5-20-63-44(8-4-19-54)46(65-49)45(56)47(51)57)38-13-15-40-23-34(25-50(40,60)26-38)21-32-9-11-37(12-10-32)48(58)59/h3,9-18,24,29,34-35,38,40,42-47,49,54-57,60-61H,1,4,6-8,19,21-23,25-27,30-31H2,2H3,(H,58,59). The Balaban J connectivity index is 1.18. The summed E-state index contributed by atoms with van der Waals surface area (Å²) in [6, 6.07) is 16.2. The largest absolute Gasteiger partial charge is 0.478 e. The van der Waals surface area contributed by atoms with E-state index < -0.39 is 65.8 Å². The molecule has 2 aromatic carbocycles. The lowest BCUT2D eigenvalue weighted by Crippen LogP contribution is -2.70. The van der Waals surface area contributed by atoms with Crippen molar-refractivity contribution in [2.45, 2.75) is 119 Å². The molecule has 2 fully saturated rings. The number of carbonyl (C=O) groups is 1. The molecule has 7 N–H and O–H groups in total. The van der Waals surface area contributed by atoms with Crippen LogP contribution in [0.3, 0.4) is 0 Å². The average Bonchev–Trinajstić information content (AvgIpc) is 3.88. The number of hydrogen-bond donors (Lipinski definition) is 7. The zero-order valence-electron chi connectivity index (χ0n) is 36.8. The fourth-order valence-corrected chi connectivity index (χ4v) is 10.7. The van der Waals surface area contributed by atoms with Crippen LogP contribution in [0.15, 0.2) is 85.7 Å². The number of rotatable bonds is 17. The van der Waals surface area contributed by atoms with Crippen molar-refractivity contribution < 1.29 is 59.5 Å². The summed E-state index contributed by atoms with van der Waals surface area (Å²) in [7, 11) is 1.64. The molecule has 13 atom stereocenters. The average molecular weight is 895 g/mol. The quantitative estimate of drug-likeness (QED) is 0.0742.